The number of nitrogens with zero attached hydrogens (tertiary/aromatic N) is 1. The molecule has 1 N–H and O–H groups in total. The summed E-state index contributed by atoms with van der Waals surface area (Å²) >= 11 is 0. The first-order chi connectivity index (χ1) is 14.6. The van der Waals surface area contributed by atoms with Gasteiger partial charge in [-0.25, -0.2) is 0 Å². The topological polar surface area (TPSA) is 49.8 Å². The first-order valence-corrected chi connectivity index (χ1v) is 12.3. The van der Waals surface area contributed by atoms with Crippen LogP contribution in [-0.4, -0.2) is 41.7 Å². The number of hydrogen-bond donors (Lipinski definition) is 1. The first-order valence-electron chi connectivity index (χ1n) is 12.3. The summed E-state index contributed by atoms with van der Waals surface area (Å²) in [5, 5.41) is 8.74. The van der Waals surface area contributed by atoms with Gasteiger partial charge in [-0.2, -0.15) is 0 Å². The summed E-state index contributed by atoms with van der Waals surface area (Å²) in [5.74, 6) is 1.01. The van der Waals surface area contributed by atoms with E-state index in [1.54, 1.807) is 0 Å². The fraction of sp³-hybridized carbons (Fsp3) is 0.731. The van der Waals surface area contributed by atoms with Crippen molar-refractivity contribution in [1.29, 1.82) is 0 Å². The maximum atomic E-state index is 10.6. The number of aliphatic carboxylic acids is 1. The van der Waals surface area contributed by atoms with Crippen molar-refractivity contribution >= 4 is 5.97 Å². The summed E-state index contributed by atoms with van der Waals surface area (Å²) < 4.78 is 6.34. The first kappa shape index (κ1) is 21.7. The number of benzene rings is 1. The van der Waals surface area contributed by atoms with Crippen LogP contribution < -0.4 is 4.74 Å². The van der Waals surface area contributed by atoms with Crippen LogP contribution in [0.5, 0.6) is 5.75 Å². The lowest BCUT2D eigenvalue weighted by molar-refractivity contribution is -0.137. The normalized spacial score (nSPS) is 23.1. The fourth-order valence-corrected chi connectivity index (χ4v) is 6.06. The van der Waals surface area contributed by atoms with Crippen molar-refractivity contribution in [1.82, 2.24) is 4.90 Å². The molecule has 2 aliphatic carbocycles. The van der Waals surface area contributed by atoms with Gasteiger partial charge >= 0.3 is 5.97 Å². The highest BCUT2D eigenvalue weighted by atomic mass is 16.5. The lowest BCUT2D eigenvalue weighted by Gasteiger charge is -2.37. The Morgan fingerprint density at radius 1 is 0.967 bits per heavy atom. The molecule has 0 aromatic heterocycles. The van der Waals surface area contributed by atoms with Gasteiger partial charge in [-0.15, -0.1) is 0 Å². The minimum absolute atomic E-state index is 0.298. The molecule has 1 spiro atoms. The third kappa shape index (κ3) is 5.78. The summed E-state index contributed by atoms with van der Waals surface area (Å²) in [5.41, 5.74) is 2.12. The molecule has 4 heteroatoms. The molecule has 4 rings (SSSR count). The van der Waals surface area contributed by atoms with Gasteiger partial charge < -0.3 is 14.7 Å². The summed E-state index contributed by atoms with van der Waals surface area (Å²) in [6.07, 6.45) is 15.9. The Bertz CT molecular complexity index is 662. The molecule has 166 valence electrons. The van der Waals surface area contributed by atoms with Crippen molar-refractivity contribution in [3.63, 3.8) is 0 Å². The fourth-order valence-electron chi connectivity index (χ4n) is 6.06. The van der Waals surface area contributed by atoms with Gasteiger partial charge in [0.15, 0.2) is 0 Å². The van der Waals surface area contributed by atoms with Crippen molar-refractivity contribution < 1.29 is 14.6 Å². The summed E-state index contributed by atoms with van der Waals surface area (Å²) in [6.45, 7) is 3.29. The molecule has 4 nitrogen and oxygen atoms in total. The van der Waals surface area contributed by atoms with Crippen LogP contribution in [0.4, 0.5) is 0 Å². The smallest absolute Gasteiger partial charge is 0.303 e. The molecule has 1 heterocycles. The predicted molar refractivity (Wildman–Crippen MR) is 120 cm³/mol. The second kappa shape index (κ2) is 10.2. The second-order valence-electron chi connectivity index (χ2n) is 10.1. The molecule has 1 aromatic carbocycles. The Morgan fingerprint density at radius 3 is 2.27 bits per heavy atom. The number of unbranched alkanes of at least 4 members (excludes halogenated alkanes) is 1. The summed E-state index contributed by atoms with van der Waals surface area (Å²) in [7, 11) is 0. The molecule has 0 amide bonds. The zero-order chi connectivity index (χ0) is 20.8. The molecule has 0 atom stereocenters. The Morgan fingerprint density at radius 2 is 1.63 bits per heavy atom. The number of carboxylic acid groups (broad SMARTS) is 1. The molecule has 2 saturated carbocycles. The van der Waals surface area contributed by atoms with Crippen LogP contribution in [0.2, 0.25) is 0 Å². The number of ether oxygens (including phenoxy) is 1. The number of carbonyl (C=O) groups is 1. The van der Waals surface area contributed by atoms with Crippen molar-refractivity contribution in [2.45, 2.75) is 95.5 Å². The average molecular weight is 414 g/mol. The van der Waals surface area contributed by atoms with E-state index in [2.05, 4.69) is 29.2 Å². The van der Waals surface area contributed by atoms with Gasteiger partial charge in [0.1, 0.15) is 5.75 Å². The van der Waals surface area contributed by atoms with Gasteiger partial charge in [0.05, 0.1) is 6.10 Å². The van der Waals surface area contributed by atoms with Crippen LogP contribution in [0.15, 0.2) is 24.3 Å². The van der Waals surface area contributed by atoms with E-state index >= 15 is 0 Å². The van der Waals surface area contributed by atoms with Crippen LogP contribution in [-0.2, 0) is 4.79 Å². The minimum Gasteiger partial charge on any atom is -0.490 e. The third-order valence-corrected chi connectivity index (χ3v) is 8.01. The van der Waals surface area contributed by atoms with E-state index in [9.17, 15) is 4.79 Å². The second-order valence-corrected chi connectivity index (χ2v) is 10.1. The Kier molecular flexibility index (Phi) is 7.35. The molecule has 1 saturated heterocycles. The molecule has 1 aromatic rings. The van der Waals surface area contributed by atoms with Gasteiger partial charge in [-0.3, -0.25) is 4.79 Å². The van der Waals surface area contributed by atoms with Crippen molar-refractivity contribution in [3.05, 3.63) is 29.8 Å². The van der Waals surface area contributed by atoms with E-state index < -0.39 is 5.97 Å². The Balaban J connectivity index is 1.18. The van der Waals surface area contributed by atoms with Gasteiger partial charge in [-0.05, 0) is 113 Å². The number of carboxylic acids is 1. The lowest BCUT2D eigenvalue weighted by Crippen LogP contribution is -2.33. The molecule has 3 aliphatic rings. The van der Waals surface area contributed by atoms with Crippen LogP contribution in [0.3, 0.4) is 0 Å². The maximum absolute atomic E-state index is 10.6. The van der Waals surface area contributed by atoms with Crippen LogP contribution in [0.25, 0.3) is 0 Å². The molecule has 0 unspecified atom stereocenters. The van der Waals surface area contributed by atoms with Gasteiger partial charge in [0.25, 0.3) is 0 Å². The van der Waals surface area contributed by atoms with E-state index in [1.165, 1.54) is 69.8 Å². The highest BCUT2D eigenvalue weighted by Gasteiger charge is 2.38. The largest absolute Gasteiger partial charge is 0.490 e. The molecule has 3 fully saturated rings. The number of piperidine rings is 1. The zero-order valence-corrected chi connectivity index (χ0v) is 18.5. The van der Waals surface area contributed by atoms with Gasteiger partial charge in [-0.1, -0.05) is 25.0 Å². The van der Waals surface area contributed by atoms with Crippen molar-refractivity contribution in [3.8, 4) is 5.75 Å². The van der Waals surface area contributed by atoms with Crippen LogP contribution in [0.1, 0.15) is 95.0 Å². The average Bonchev–Trinajstić information content (AvgIpc) is 3.22. The lowest BCUT2D eigenvalue weighted by atomic mass is 9.72. The van der Waals surface area contributed by atoms with Crippen LogP contribution >= 0.6 is 0 Å². The van der Waals surface area contributed by atoms with Gasteiger partial charge in [0, 0.05) is 6.42 Å². The SMILES string of the molecule is O=C(O)CCCCN1CCC(c2ccc(OC3CCC4(CCCC4)CC3)cc2)CC1. The summed E-state index contributed by atoms with van der Waals surface area (Å²) in [4.78, 5) is 13.1. The highest BCUT2D eigenvalue weighted by Crippen LogP contribution is 2.49. The Labute approximate surface area is 182 Å². The van der Waals surface area contributed by atoms with E-state index in [1.807, 2.05) is 0 Å². The zero-order valence-electron chi connectivity index (χ0n) is 18.5. The molecular formula is C26H39NO3. The quantitative estimate of drug-likeness (QED) is 0.531. The number of likely N-dealkylation sites (tertiary alicyclic amines) is 1. The molecular weight excluding hydrogens is 374 g/mol. The predicted octanol–water partition coefficient (Wildman–Crippen LogP) is 6.00. The van der Waals surface area contributed by atoms with E-state index in [0.717, 1.165) is 38.2 Å². The Hall–Kier alpha value is -1.55. The van der Waals surface area contributed by atoms with E-state index in [4.69, 9.17) is 9.84 Å². The highest BCUT2D eigenvalue weighted by molar-refractivity contribution is 5.66. The van der Waals surface area contributed by atoms with Gasteiger partial charge in [0.2, 0.25) is 0 Å². The molecule has 1 aliphatic heterocycles. The maximum Gasteiger partial charge on any atom is 0.303 e. The minimum atomic E-state index is -0.678. The monoisotopic (exact) mass is 413 g/mol. The molecule has 0 bridgehead atoms. The number of hydrogen-bond acceptors (Lipinski definition) is 3. The van der Waals surface area contributed by atoms with E-state index in [-0.39, 0.29) is 0 Å². The van der Waals surface area contributed by atoms with Crippen molar-refractivity contribution in [2.75, 3.05) is 19.6 Å². The van der Waals surface area contributed by atoms with Crippen molar-refractivity contribution in [2.24, 2.45) is 5.41 Å². The molecule has 0 radical (unpaired) electrons. The number of rotatable bonds is 8. The van der Waals surface area contributed by atoms with Crippen LogP contribution in [0, 0.1) is 5.41 Å². The standard InChI is InChI=1S/C26H39NO3/c28-25(29)5-1-4-18-27-19-12-22(13-20-27)21-6-8-23(9-7-21)30-24-10-16-26(17-11-24)14-2-3-15-26/h6-9,22,24H,1-5,10-20H2,(H,28,29). The van der Waals surface area contributed by atoms with E-state index in [0.29, 0.717) is 23.9 Å². The summed E-state index contributed by atoms with van der Waals surface area (Å²) in [6, 6.07) is 8.94. The third-order valence-electron chi connectivity index (χ3n) is 8.01. The molecule has 30 heavy (non-hydrogen) atoms.